The van der Waals surface area contributed by atoms with Crippen LogP contribution in [0.2, 0.25) is 0 Å². The molecule has 0 radical (unpaired) electrons. The van der Waals surface area contributed by atoms with Gasteiger partial charge in [-0.15, -0.1) is 0 Å². The molecule has 0 saturated carbocycles. The molecule has 0 atom stereocenters. The Balaban J connectivity index is 2.06. The first-order valence-corrected chi connectivity index (χ1v) is 8.10. The Morgan fingerprint density at radius 2 is 1.67 bits per heavy atom. The SMILES string of the molecule is COc1cc(OC)cc(C(=O)N2CCN(CCBr)CC2)c1. The fourth-order valence-electron chi connectivity index (χ4n) is 2.41. The second kappa shape index (κ2) is 7.66. The third-order valence-electron chi connectivity index (χ3n) is 3.66. The van der Waals surface area contributed by atoms with E-state index in [0.717, 1.165) is 38.1 Å². The summed E-state index contributed by atoms with van der Waals surface area (Å²) in [6, 6.07) is 5.29. The summed E-state index contributed by atoms with van der Waals surface area (Å²) in [7, 11) is 3.17. The number of hydrogen-bond acceptors (Lipinski definition) is 4. The maximum absolute atomic E-state index is 12.6. The van der Waals surface area contributed by atoms with E-state index in [1.165, 1.54) is 0 Å². The highest BCUT2D eigenvalue weighted by Crippen LogP contribution is 2.23. The van der Waals surface area contributed by atoms with Crippen LogP contribution in [-0.4, -0.2) is 68.0 Å². The molecule has 1 saturated heterocycles. The minimum absolute atomic E-state index is 0.0330. The zero-order valence-electron chi connectivity index (χ0n) is 12.5. The second-order valence-corrected chi connectivity index (χ2v) is 5.72. The number of carbonyl (C=O) groups excluding carboxylic acids is 1. The summed E-state index contributed by atoms with van der Waals surface area (Å²) in [6.07, 6.45) is 0. The highest BCUT2D eigenvalue weighted by Gasteiger charge is 2.22. The molecular formula is C15H21BrN2O3. The first-order chi connectivity index (χ1) is 10.2. The number of hydrogen-bond donors (Lipinski definition) is 0. The Morgan fingerprint density at radius 1 is 1.10 bits per heavy atom. The van der Waals surface area contributed by atoms with E-state index < -0.39 is 0 Å². The largest absolute Gasteiger partial charge is 0.497 e. The number of alkyl halides is 1. The summed E-state index contributed by atoms with van der Waals surface area (Å²) in [5, 5.41) is 0.966. The van der Waals surface area contributed by atoms with E-state index in [4.69, 9.17) is 9.47 Å². The molecule has 6 heteroatoms. The van der Waals surface area contributed by atoms with Gasteiger partial charge in [0.2, 0.25) is 0 Å². The van der Waals surface area contributed by atoms with Gasteiger partial charge in [0.25, 0.3) is 5.91 Å². The number of rotatable bonds is 5. The molecule has 1 fully saturated rings. The standard InChI is InChI=1S/C15H21BrN2O3/c1-20-13-9-12(10-14(11-13)21-2)15(19)18-7-5-17(4-3-16)6-8-18/h9-11H,3-8H2,1-2H3. The van der Waals surface area contributed by atoms with E-state index in [2.05, 4.69) is 20.8 Å². The van der Waals surface area contributed by atoms with E-state index in [0.29, 0.717) is 17.1 Å². The molecule has 0 N–H and O–H groups in total. The summed E-state index contributed by atoms with van der Waals surface area (Å²) in [5.74, 6) is 1.30. The smallest absolute Gasteiger partial charge is 0.254 e. The van der Waals surface area contributed by atoms with Crippen LogP contribution in [0.4, 0.5) is 0 Å². The van der Waals surface area contributed by atoms with E-state index in [1.807, 2.05) is 4.90 Å². The van der Waals surface area contributed by atoms with E-state index in [-0.39, 0.29) is 5.91 Å². The van der Waals surface area contributed by atoms with Gasteiger partial charge in [-0.25, -0.2) is 0 Å². The van der Waals surface area contributed by atoms with Gasteiger partial charge in [0, 0.05) is 49.7 Å². The molecule has 1 amide bonds. The van der Waals surface area contributed by atoms with Gasteiger partial charge < -0.3 is 14.4 Å². The Kier molecular flexibility index (Phi) is 5.87. The molecule has 0 aliphatic carbocycles. The zero-order chi connectivity index (χ0) is 15.2. The molecule has 1 aromatic carbocycles. The van der Waals surface area contributed by atoms with Gasteiger partial charge in [0.15, 0.2) is 0 Å². The van der Waals surface area contributed by atoms with Gasteiger partial charge in [-0.1, -0.05) is 15.9 Å². The van der Waals surface area contributed by atoms with Crippen molar-refractivity contribution in [3.63, 3.8) is 0 Å². The molecule has 1 aliphatic heterocycles. The number of halogens is 1. The Hall–Kier alpha value is -1.27. The number of nitrogens with zero attached hydrogens (tertiary/aromatic N) is 2. The first kappa shape index (κ1) is 16.1. The van der Waals surface area contributed by atoms with Crippen molar-refractivity contribution in [2.75, 3.05) is 52.3 Å². The van der Waals surface area contributed by atoms with Gasteiger partial charge in [0.05, 0.1) is 14.2 Å². The molecule has 0 aromatic heterocycles. The maximum Gasteiger partial charge on any atom is 0.254 e. The molecular weight excluding hydrogens is 336 g/mol. The maximum atomic E-state index is 12.6. The van der Waals surface area contributed by atoms with Crippen LogP contribution in [0.3, 0.4) is 0 Å². The van der Waals surface area contributed by atoms with Gasteiger partial charge in [-0.3, -0.25) is 9.69 Å². The molecule has 0 spiro atoms. The van der Waals surface area contributed by atoms with Crippen LogP contribution in [0.1, 0.15) is 10.4 Å². The number of benzene rings is 1. The fourth-order valence-corrected chi connectivity index (χ4v) is 2.91. The number of amides is 1. The van der Waals surface area contributed by atoms with Gasteiger partial charge >= 0.3 is 0 Å². The lowest BCUT2D eigenvalue weighted by molar-refractivity contribution is 0.0644. The third kappa shape index (κ3) is 4.11. The number of piperazine rings is 1. The van der Waals surface area contributed by atoms with Gasteiger partial charge in [-0.2, -0.15) is 0 Å². The molecule has 1 aliphatic rings. The van der Waals surface area contributed by atoms with Crippen molar-refractivity contribution in [3.05, 3.63) is 23.8 Å². The van der Waals surface area contributed by atoms with Crippen molar-refractivity contribution < 1.29 is 14.3 Å². The minimum atomic E-state index is 0.0330. The van der Waals surface area contributed by atoms with Crippen molar-refractivity contribution in [2.45, 2.75) is 0 Å². The lowest BCUT2D eigenvalue weighted by Gasteiger charge is -2.34. The molecule has 1 aromatic rings. The molecule has 116 valence electrons. The van der Waals surface area contributed by atoms with Crippen molar-refractivity contribution in [3.8, 4) is 11.5 Å². The van der Waals surface area contributed by atoms with Crippen molar-refractivity contribution in [2.24, 2.45) is 0 Å². The lowest BCUT2D eigenvalue weighted by atomic mass is 10.1. The lowest BCUT2D eigenvalue weighted by Crippen LogP contribution is -2.49. The number of carbonyl (C=O) groups is 1. The Bertz CT molecular complexity index is 466. The zero-order valence-corrected chi connectivity index (χ0v) is 14.1. The van der Waals surface area contributed by atoms with Crippen LogP contribution in [0.25, 0.3) is 0 Å². The van der Waals surface area contributed by atoms with Crippen LogP contribution < -0.4 is 9.47 Å². The Morgan fingerprint density at radius 3 is 2.14 bits per heavy atom. The van der Waals surface area contributed by atoms with E-state index in [1.54, 1.807) is 32.4 Å². The highest BCUT2D eigenvalue weighted by atomic mass is 79.9. The van der Waals surface area contributed by atoms with Gasteiger partial charge in [0.1, 0.15) is 11.5 Å². The summed E-state index contributed by atoms with van der Waals surface area (Å²) >= 11 is 3.45. The van der Waals surface area contributed by atoms with Crippen molar-refractivity contribution >= 4 is 21.8 Å². The fraction of sp³-hybridized carbons (Fsp3) is 0.533. The third-order valence-corrected chi connectivity index (χ3v) is 4.01. The molecule has 21 heavy (non-hydrogen) atoms. The first-order valence-electron chi connectivity index (χ1n) is 6.98. The van der Waals surface area contributed by atoms with E-state index in [9.17, 15) is 4.79 Å². The van der Waals surface area contributed by atoms with Crippen molar-refractivity contribution in [1.82, 2.24) is 9.80 Å². The van der Waals surface area contributed by atoms with E-state index >= 15 is 0 Å². The monoisotopic (exact) mass is 356 g/mol. The quantitative estimate of drug-likeness (QED) is 0.755. The number of methoxy groups -OCH3 is 2. The average Bonchev–Trinajstić information content (AvgIpc) is 2.54. The topological polar surface area (TPSA) is 42.0 Å². The van der Waals surface area contributed by atoms with Crippen LogP contribution in [0.15, 0.2) is 18.2 Å². The Labute approximate surface area is 133 Å². The molecule has 5 nitrogen and oxygen atoms in total. The molecule has 0 bridgehead atoms. The minimum Gasteiger partial charge on any atom is -0.497 e. The predicted octanol–water partition coefficient (Wildman–Crippen LogP) is 1.86. The normalized spacial score (nSPS) is 15.9. The van der Waals surface area contributed by atoms with Crippen LogP contribution >= 0.6 is 15.9 Å². The molecule has 2 rings (SSSR count). The summed E-state index contributed by atoms with van der Waals surface area (Å²) < 4.78 is 10.4. The highest BCUT2D eigenvalue weighted by molar-refractivity contribution is 9.09. The second-order valence-electron chi connectivity index (χ2n) is 4.92. The molecule has 1 heterocycles. The van der Waals surface area contributed by atoms with Crippen LogP contribution in [0.5, 0.6) is 11.5 Å². The summed E-state index contributed by atoms with van der Waals surface area (Å²) in [6.45, 7) is 4.36. The summed E-state index contributed by atoms with van der Waals surface area (Å²) in [4.78, 5) is 16.8. The number of ether oxygens (including phenoxy) is 2. The van der Waals surface area contributed by atoms with Crippen molar-refractivity contribution in [1.29, 1.82) is 0 Å². The van der Waals surface area contributed by atoms with Crippen LogP contribution in [0, 0.1) is 0 Å². The predicted molar refractivity (Wildman–Crippen MR) is 85.7 cm³/mol. The van der Waals surface area contributed by atoms with Gasteiger partial charge in [-0.05, 0) is 12.1 Å². The summed E-state index contributed by atoms with van der Waals surface area (Å²) in [5.41, 5.74) is 0.611. The average molecular weight is 357 g/mol. The molecule has 0 unspecified atom stereocenters. The van der Waals surface area contributed by atoms with Crippen LogP contribution in [-0.2, 0) is 0 Å².